The molecule has 34 heavy (non-hydrogen) atoms. The van der Waals surface area contributed by atoms with Crippen molar-refractivity contribution in [3.05, 3.63) is 89.4 Å². The fourth-order valence-electron chi connectivity index (χ4n) is 4.00. The maximum Gasteiger partial charge on any atom is 0.264 e. The summed E-state index contributed by atoms with van der Waals surface area (Å²) in [5.74, 6) is 0.326. The van der Waals surface area contributed by atoms with Crippen molar-refractivity contribution in [1.29, 1.82) is 0 Å². The van der Waals surface area contributed by atoms with E-state index in [0.29, 0.717) is 22.4 Å². The Bertz CT molecular complexity index is 1250. The van der Waals surface area contributed by atoms with Crippen LogP contribution >= 0.6 is 11.6 Å². The Hall–Kier alpha value is -3.03. The molecule has 4 rings (SSSR count). The number of rotatable bonds is 7. The molecule has 1 amide bonds. The summed E-state index contributed by atoms with van der Waals surface area (Å²) < 4.78 is 34.2. The largest absolute Gasteiger partial charge is 0.476 e. The first-order valence-electron chi connectivity index (χ1n) is 11.1. The van der Waals surface area contributed by atoms with Gasteiger partial charge in [-0.2, -0.15) is 0 Å². The molecule has 8 heteroatoms. The lowest BCUT2D eigenvalue weighted by Crippen LogP contribution is -2.51. The standard InChI is InChI=1S/C26H27ClN2O4S/c1-18(2)16-22(19-8-4-3-5-9-19)28-26(30)25-17-29(23-10-6-7-11-24(23)33-25)34(31,32)21-14-12-20(27)13-15-21/h3-15,18,22,25H,16-17H2,1-2H3,(H,28,30)/t22-,25-/m0/s1. The van der Waals surface area contributed by atoms with E-state index >= 15 is 0 Å². The summed E-state index contributed by atoms with van der Waals surface area (Å²) in [6.07, 6.45) is -0.262. The molecule has 178 valence electrons. The Morgan fingerprint density at radius 3 is 2.35 bits per heavy atom. The fourth-order valence-corrected chi connectivity index (χ4v) is 5.60. The molecule has 0 aliphatic carbocycles. The first kappa shape index (κ1) is 24.1. The second-order valence-corrected chi connectivity index (χ2v) is 11.0. The predicted octanol–water partition coefficient (Wildman–Crippen LogP) is 5.20. The molecule has 0 saturated heterocycles. The van der Waals surface area contributed by atoms with Crippen LogP contribution in [0.15, 0.2) is 83.8 Å². The average molecular weight is 499 g/mol. The molecule has 0 spiro atoms. The van der Waals surface area contributed by atoms with Gasteiger partial charge in [-0.15, -0.1) is 0 Å². The summed E-state index contributed by atoms with van der Waals surface area (Å²) in [6, 6.07) is 22.3. The molecule has 2 atom stereocenters. The Balaban J connectivity index is 1.63. The van der Waals surface area contributed by atoms with Crippen LogP contribution in [0.3, 0.4) is 0 Å². The van der Waals surface area contributed by atoms with Crippen LogP contribution in [0, 0.1) is 5.92 Å². The number of ether oxygens (including phenoxy) is 1. The molecular weight excluding hydrogens is 472 g/mol. The highest BCUT2D eigenvalue weighted by atomic mass is 35.5. The first-order valence-corrected chi connectivity index (χ1v) is 13.0. The first-order chi connectivity index (χ1) is 16.3. The van der Waals surface area contributed by atoms with Crippen molar-refractivity contribution in [2.75, 3.05) is 10.8 Å². The second-order valence-electron chi connectivity index (χ2n) is 8.67. The number of carbonyl (C=O) groups excluding carboxylic acids is 1. The smallest absolute Gasteiger partial charge is 0.264 e. The van der Waals surface area contributed by atoms with Gasteiger partial charge in [0.15, 0.2) is 6.10 Å². The van der Waals surface area contributed by atoms with E-state index in [9.17, 15) is 13.2 Å². The van der Waals surface area contributed by atoms with E-state index < -0.39 is 16.1 Å². The molecule has 1 N–H and O–H groups in total. The van der Waals surface area contributed by atoms with Crippen molar-refractivity contribution in [3.8, 4) is 5.75 Å². The Morgan fingerprint density at radius 2 is 1.68 bits per heavy atom. The maximum atomic E-state index is 13.5. The van der Waals surface area contributed by atoms with Crippen LogP contribution in [0.4, 0.5) is 5.69 Å². The number of para-hydroxylation sites is 2. The van der Waals surface area contributed by atoms with Gasteiger partial charge in [0.25, 0.3) is 15.9 Å². The Labute approximate surface area is 205 Å². The van der Waals surface area contributed by atoms with Crippen LogP contribution in [0.5, 0.6) is 5.75 Å². The van der Waals surface area contributed by atoms with Gasteiger partial charge >= 0.3 is 0 Å². The molecule has 3 aromatic rings. The van der Waals surface area contributed by atoms with Gasteiger partial charge in [-0.1, -0.05) is 67.9 Å². The molecule has 0 bridgehead atoms. The van der Waals surface area contributed by atoms with E-state index in [1.165, 1.54) is 28.6 Å². The van der Waals surface area contributed by atoms with E-state index in [1.807, 2.05) is 30.3 Å². The third-order valence-electron chi connectivity index (χ3n) is 5.65. The third-order valence-corrected chi connectivity index (χ3v) is 7.70. The Kier molecular flexibility index (Phi) is 7.14. The van der Waals surface area contributed by atoms with Crippen LogP contribution in [-0.2, 0) is 14.8 Å². The minimum Gasteiger partial charge on any atom is -0.476 e. The summed E-state index contributed by atoms with van der Waals surface area (Å²) >= 11 is 5.95. The molecule has 1 heterocycles. The number of nitrogens with one attached hydrogen (secondary N) is 1. The van der Waals surface area contributed by atoms with E-state index in [0.717, 1.165) is 12.0 Å². The number of sulfonamides is 1. The van der Waals surface area contributed by atoms with E-state index in [2.05, 4.69) is 19.2 Å². The highest BCUT2D eigenvalue weighted by Gasteiger charge is 2.38. The SMILES string of the molecule is CC(C)C[C@H](NC(=O)[C@@H]1CN(S(=O)(=O)c2ccc(Cl)cc2)c2ccccc2O1)c1ccccc1. The van der Waals surface area contributed by atoms with Crippen LogP contribution in [0.25, 0.3) is 0 Å². The average Bonchev–Trinajstić information content (AvgIpc) is 2.83. The summed E-state index contributed by atoms with van der Waals surface area (Å²) in [6.45, 7) is 4.04. The van der Waals surface area contributed by atoms with Crippen molar-refractivity contribution < 1.29 is 17.9 Å². The predicted molar refractivity (Wildman–Crippen MR) is 134 cm³/mol. The van der Waals surface area contributed by atoms with Crippen LogP contribution in [0.1, 0.15) is 31.9 Å². The minimum absolute atomic E-state index is 0.0923. The van der Waals surface area contributed by atoms with E-state index in [-0.39, 0.29) is 23.4 Å². The number of fused-ring (bicyclic) bond motifs is 1. The number of hydrogen-bond acceptors (Lipinski definition) is 4. The van der Waals surface area contributed by atoms with Crippen molar-refractivity contribution in [2.24, 2.45) is 5.92 Å². The second kappa shape index (κ2) is 10.1. The zero-order valence-corrected chi connectivity index (χ0v) is 20.6. The van der Waals surface area contributed by atoms with Gasteiger partial charge in [0.05, 0.1) is 23.2 Å². The molecule has 6 nitrogen and oxygen atoms in total. The fraction of sp³-hybridized carbons (Fsp3) is 0.269. The van der Waals surface area contributed by atoms with Crippen molar-refractivity contribution in [2.45, 2.75) is 37.3 Å². The Morgan fingerprint density at radius 1 is 1.03 bits per heavy atom. The van der Waals surface area contributed by atoms with Gasteiger partial charge in [0.1, 0.15) is 5.75 Å². The quantitative estimate of drug-likeness (QED) is 0.485. The van der Waals surface area contributed by atoms with Crippen molar-refractivity contribution in [1.82, 2.24) is 5.32 Å². The van der Waals surface area contributed by atoms with E-state index in [1.54, 1.807) is 24.3 Å². The van der Waals surface area contributed by atoms with Crippen LogP contribution < -0.4 is 14.4 Å². The molecule has 1 aliphatic rings. The van der Waals surface area contributed by atoms with Crippen molar-refractivity contribution in [3.63, 3.8) is 0 Å². The lowest BCUT2D eigenvalue weighted by molar-refractivity contribution is -0.128. The van der Waals surface area contributed by atoms with Gasteiger partial charge in [0, 0.05) is 5.02 Å². The maximum absolute atomic E-state index is 13.5. The lowest BCUT2D eigenvalue weighted by Gasteiger charge is -2.35. The summed E-state index contributed by atoms with van der Waals surface area (Å²) in [7, 11) is -3.94. The zero-order chi connectivity index (χ0) is 24.3. The normalized spacial score (nSPS) is 16.5. The molecule has 0 aromatic heterocycles. The summed E-state index contributed by atoms with van der Waals surface area (Å²) in [5, 5.41) is 3.52. The molecule has 1 aliphatic heterocycles. The van der Waals surface area contributed by atoms with Crippen molar-refractivity contribution >= 4 is 33.2 Å². The highest BCUT2D eigenvalue weighted by Crippen LogP contribution is 2.37. The third kappa shape index (κ3) is 5.21. The van der Waals surface area contributed by atoms with Crippen LogP contribution in [0.2, 0.25) is 5.02 Å². The highest BCUT2D eigenvalue weighted by molar-refractivity contribution is 7.92. The van der Waals surface area contributed by atoms with E-state index in [4.69, 9.17) is 16.3 Å². The van der Waals surface area contributed by atoms with Gasteiger partial charge in [0.2, 0.25) is 0 Å². The van der Waals surface area contributed by atoms with Gasteiger partial charge < -0.3 is 10.1 Å². The number of carbonyl (C=O) groups is 1. The summed E-state index contributed by atoms with van der Waals surface area (Å²) in [5.41, 5.74) is 1.38. The number of amides is 1. The number of halogens is 1. The molecule has 3 aromatic carbocycles. The number of hydrogen-bond donors (Lipinski definition) is 1. The topological polar surface area (TPSA) is 75.7 Å². The number of benzene rings is 3. The van der Waals surface area contributed by atoms with Gasteiger partial charge in [-0.3, -0.25) is 9.10 Å². The van der Waals surface area contributed by atoms with Crippen LogP contribution in [-0.4, -0.2) is 27.0 Å². The minimum atomic E-state index is -3.94. The monoisotopic (exact) mass is 498 g/mol. The molecule has 0 fully saturated rings. The lowest BCUT2D eigenvalue weighted by atomic mass is 9.96. The summed E-state index contributed by atoms with van der Waals surface area (Å²) in [4.78, 5) is 13.4. The molecule has 0 unspecified atom stereocenters. The zero-order valence-electron chi connectivity index (χ0n) is 19.0. The van der Waals surface area contributed by atoms with Gasteiger partial charge in [-0.25, -0.2) is 8.42 Å². The number of nitrogens with zero attached hydrogens (tertiary/aromatic N) is 1. The van der Waals surface area contributed by atoms with Gasteiger partial charge in [-0.05, 0) is 54.3 Å². The molecule has 0 saturated carbocycles. The number of anilines is 1. The molecule has 0 radical (unpaired) electrons. The molecular formula is C26H27ClN2O4S.